The summed E-state index contributed by atoms with van der Waals surface area (Å²) in [6.07, 6.45) is 6.04. The molecule has 1 atom stereocenters. The van der Waals surface area contributed by atoms with Crippen LogP contribution in [0, 0.1) is 18.2 Å². The molecule has 1 saturated heterocycles. The number of amides is 2. The largest absolute Gasteiger partial charge is 0.387 e. The number of benzene rings is 1. The number of H-pyrrole nitrogens is 1. The van der Waals surface area contributed by atoms with Crippen molar-refractivity contribution in [2.75, 3.05) is 26.7 Å². The Morgan fingerprint density at radius 1 is 1.28 bits per heavy atom. The number of likely N-dealkylation sites (N-methyl/N-ethyl adjacent to an activating group) is 1. The summed E-state index contributed by atoms with van der Waals surface area (Å²) in [7, 11) is 1.81. The second-order valence-corrected chi connectivity index (χ2v) is 8.93. The predicted molar refractivity (Wildman–Crippen MR) is 141 cm³/mol. The summed E-state index contributed by atoms with van der Waals surface area (Å²) in [6, 6.07) is 6.16. The maximum absolute atomic E-state index is 13.5. The second kappa shape index (κ2) is 13.7. The zero-order chi connectivity index (χ0) is 26.8. The summed E-state index contributed by atoms with van der Waals surface area (Å²) in [5.41, 5.74) is 9.29. The van der Waals surface area contributed by atoms with Crippen LogP contribution >= 0.6 is 11.8 Å². The highest BCUT2D eigenvalue weighted by molar-refractivity contribution is 8.02. The lowest BCUT2D eigenvalue weighted by Crippen LogP contribution is -2.39. The molecule has 194 valence electrons. The summed E-state index contributed by atoms with van der Waals surface area (Å²) in [4.78, 5) is 27.1. The first-order chi connectivity index (χ1) is 17.3. The third-order valence-corrected chi connectivity index (χ3v) is 7.05. The molecule has 3 heterocycles. The van der Waals surface area contributed by atoms with Gasteiger partial charge in [0.05, 0.1) is 5.69 Å². The average molecular weight is 516 g/mol. The van der Waals surface area contributed by atoms with Gasteiger partial charge in [-0.1, -0.05) is 13.8 Å². The van der Waals surface area contributed by atoms with Crippen molar-refractivity contribution in [2.45, 2.75) is 44.9 Å². The number of primary amides is 1. The molecule has 4 rings (SSSR count). The van der Waals surface area contributed by atoms with Gasteiger partial charge in [-0.05, 0) is 44.0 Å². The van der Waals surface area contributed by atoms with Crippen LogP contribution in [0.2, 0.25) is 0 Å². The number of thioether (sulfide) groups is 1. The smallest absolute Gasteiger partial charge is 0.265 e. The van der Waals surface area contributed by atoms with E-state index in [0.29, 0.717) is 24.5 Å². The van der Waals surface area contributed by atoms with E-state index in [4.69, 9.17) is 10.8 Å². The lowest BCUT2D eigenvalue weighted by Gasteiger charge is -2.32. The number of aliphatic hydroxyl groups is 1. The number of nitrogens with one attached hydrogen (secondary N) is 1. The van der Waals surface area contributed by atoms with Gasteiger partial charge in [0.1, 0.15) is 23.5 Å². The van der Waals surface area contributed by atoms with Crippen molar-refractivity contribution in [3.8, 4) is 23.6 Å². The summed E-state index contributed by atoms with van der Waals surface area (Å²) < 4.78 is 13.5. The number of rotatable bonds is 5. The first kappa shape index (κ1) is 28.9. The number of carbonyl (C=O) groups excluding carboxylic acids is 2. The molecule has 1 aromatic carbocycles. The lowest BCUT2D eigenvalue weighted by molar-refractivity contribution is -0.135. The molecule has 2 amide bonds. The van der Waals surface area contributed by atoms with E-state index in [0.717, 1.165) is 29.7 Å². The fourth-order valence-electron chi connectivity index (χ4n) is 4.19. The Bertz CT molecular complexity index is 1100. The molecule has 0 spiro atoms. The third-order valence-electron chi connectivity index (χ3n) is 5.88. The molecule has 0 radical (unpaired) electrons. The molecule has 0 bridgehead atoms. The molecule has 0 aliphatic carbocycles. The van der Waals surface area contributed by atoms with Crippen LogP contribution in [0.1, 0.15) is 56.2 Å². The number of aromatic amines is 1. The normalized spacial score (nSPS) is 17.2. The fraction of sp³-hybridized carbons (Fsp3) is 0.423. The van der Waals surface area contributed by atoms with Crippen LogP contribution in [-0.4, -0.2) is 63.7 Å². The van der Waals surface area contributed by atoms with Crippen molar-refractivity contribution in [1.29, 1.82) is 0 Å². The van der Waals surface area contributed by atoms with Crippen LogP contribution in [0.3, 0.4) is 0 Å². The number of hydrogen-bond donors (Lipinski definition) is 3. The van der Waals surface area contributed by atoms with Crippen LogP contribution in [0.15, 0.2) is 35.4 Å². The zero-order valence-corrected chi connectivity index (χ0v) is 21.9. The van der Waals surface area contributed by atoms with Gasteiger partial charge in [-0.2, -0.15) is 5.10 Å². The molecule has 36 heavy (non-hydrogen) atoms. The maximum atomic E-state index is 13.5. The number of aromatic nitrogens is 2. The molecule has 2 aliphatic heterocycles. The van der Waals surface area contributed by atoms with Gasteiger partial charge < -0.3 is 20.6 Å². The highest BCUT2D eigenvalue weighted by Crippen LogP contribution is 2.47. The molecule has 10 heteroatoms. The molecule has 2 aromatic rings. The monoisotopic (exact) mass is 515 g/mol. The molecule has 1 unspecified atom stereocenters. The average Bonchev–Trinajstić information content (AvgIpc) is 3.49. The van der Waals surface area contributed by atoms with Gasteiger partial charge in [0, 0.05) is 48.3 Å². The number of piperidine rings is 1. The Hall–Kier alpha value is -3.29. The van der Waals surface area contributed by atoms with Crippen molar-refractivity contribution in [1.82, 2.24) is 20.0 Å². The summed E-state index contributed by atoms with van der Waals surface area (Å²) in [5.74, 6) is 1.29. The van der Waals surface area contributed by atoms with E-state index in [1.807, 2.05) is 25.8 Å². The number of aliphatic hydroxyl groups excluding tert-OH is 1. The number of nitrogens with two attached hydrogens (primary N) is 1. The minimum absolute atomic E-state index is 0.131. The Morgan fingerprint density at radius 2 is 1.86 bits per heavy atom. The summed E-state index contributed by atoms with van der Waals surface area (Å²) in [6.45, 7) is 6.26. The second-order valence-electron chi connectivity index (χ2n) is 7.97. The van der Waals surface area contributed by atoms with Crippen LogP contribution in [-0.2, 0) is 9.59 Å². The maximum Gasteiger partial charge on any atom is 0.265 e. The topological polar surface area (TPSA) is 116 Å². The van der Waals surface area contributed by atoms with Crippen molar-refractivity contribution in [2.24, 2.45) is 5.73 Å². The van der Waals surface area contributed by atoms with Crippen molar-refractivity contribution < 1.29 is 19.1 Å². The predicted octanol–water partition coefficient (Wildman–Crippen LogP) is 3.58. The lowest BCUT2D eigenvalue weighted by atomic mass is 9.89. The van der Waals surface area contributed by atoms with Crippen LogP contribution in [0.5, 0.6) is 0 Å². The number of carbonyl (C=O) groups is 2. The minimum atomic E-state index is -0.498. The van der Waals surface area contributed by atoms with Gasteiger partial charge in [-0.25, -0.2) is 4.39 Å². The van der Waals surface area contributed by atoms with E-state index in [-0.39, 0.29) is 23.0 Å². The number of halogens is 1. The molecular formula is C26H34FN5O3S. The summed E-state index contributed by atoms with van der Waals surface area (Å²) in [5, 5.41) is 18.4. The fourth-order valence-corrected chi connectivity index (χ4v) is 5.40. The quantitative estimate of drug-likeness (QED) is 0.524. The van der Waals surface area contributed by atoms with Crippen molar-refractivity contribution in [3.05, 3.63) is 52.4 Å². The Morgan fingerprint density at radius 3 is 2.36 bits per heavy atom. The standard InChI is InChI=1S/C21H24FN5O3S.C3H4.C2H6/c1-26-15(20(23)30)11-31-21(26)17-18(12-2-4-14(22)5-3-12)24-25-19(17)13-6-8-27(9-7-13)16(29)10-28;1-3-2;1-2/h2-5,11,13,21,28H,6-10H2,1H3,(H2,23,30)(H,24,25);1H,2H3;1-2H3. The van der Waals surface area contributed by atoms with Gasteiger partial charge >= 0.3 is 0 Å². The molecular weight excluding hydrogens is 481 g/mol. The Kier molecular flexibility index (Phi) is 11.0. The van der Waals surface area contributed by atoms with Gasteiger partial charge in [0.25, 0.3) is 5.91 Å². The number of nitrogens with zero attached hydrogens (tertiary/aromatic N) is 3. The van der Waals surface area contributed by atoms with Crippen LogP contribution < -0.4 is 5.73 Å². The van der Waals surface area contributed by atoms with E-state index in [2.05, 4.69) is 22.5 Å². The van der Waals surface area contributed by atoms with E-state index in [9.17, 15) is 14.0 Å². The third kappa shape index (κ3) is 6.47. The highest BCUT2D eigenvalue weighted by Gasteiger charge is 2.36. The number of terminal acetylenes is 1. The highest BCUT2D eigenvalue weighted by atomic mass is 32.2. The number of likely N-dealkylation sites (tertiary alicyclic amines) is 1. The van der Waals surface area contributed by atoms with E-state index in [1.54, 1.807) is 29.4 Å². The van der Waals surface area contributed by atoms with Crippen molar-refractivity contribution in [3.63, 3.8) is 0 Å². The van der Waals surface area contributed by atoms with Gasteiger partial charge in [0.2, 0.25) is 5.91 Å². The van der Waals surface area contributed by atoms with E-state index in [1.165, 1.54) is 23.9 Å². The first-order valence-corrected chi connectivity index (χ1v) is 12.7. The minimum Gasteiger partial charge on any atom is -0.387 e. The molecule has 0 saturated carbocycles. The first-order valence-electron chi connectivity index (χ1n) is 11.8. The Labute approximate surface area is 216 Å². The van der Waals surface area contributed by atoms with Crippen molar-refractivity contribution >= 4 is 23.6 Å². The van der Waals surface area contributed by atoms with Gasteiger partial charge in [-0.3, -0.25) is 14.7 Å². The Balaban J connectivity index is 0.000000850. The van der Waals surface area contributed by atoms with Crippen LogP contribution in [0.25, 0.3) is 11.3 Å². The molecule has 2 aliphatic rings. The zero-order valence-electron chi connectivity index (χ0n) is 21.1. The van der Waals surface area contributed by atoms with E-state index >= 15 is 0 Å². The van der Waals surface area contributed by atoms with E-state index < -0.39 is 12.5 Å². The molecule has 8 nitrogen and oxygen atoms in total. The van der Waals surface area contributed by atoms with Crippen LogP contribution in [0.4, 0.5) is 4.39 Å². The number of hydrogen-bond acceptors (Lipinski definition) is 6. The molecule has 1 fully saturated rings. The molecule has 1 aromatic heterocycles. The summed E-state index contributed by atoms with van der Waals surface area (Å²) >= 11 is 1.48. The SMILES string of the molecule is C#CC.CC.CN1C(C(N)=O)=CSC1c1c(-c2ccc(F)cc2)n[nH]c1C1CCN(C(=O)CO)CC1. The van der Waals surface area contributed by atoms with Gasteiger partial charge in [0.15, 0.2) is 0 Å². The van der Waals surface area contributed by atoms with Gasteiger partial charge in [-0.15, -0.1) is 24.1 Å². The molecule has 4 N–H and O–H groups in total.